The van der Waals surface area contributed by atoms with Crippen molar-refractivity contribution in [3.05, 3.63) is 245 Å². The zero-order valence-electron chi connectivity index (χ0n) is 57.7. The Hall–Kier alpha value is -7.04. The first-order chi connectivity index (χ1) is 40.6. The summed E-state index contributed by atoms with van der Waals surface area (Å²) >= 11 is 0. The van der Waals surface area contributed by atoms with Crippen LogP contribution in [-0.4, -0.2) is 22.8 Å². The molecule has 89 heavy (non-hydrogen) atoms. The third-order valence-electron chi connectivity index (χ3n) is 18.0. The Morgan fingerprint density at radius 3 is 0.809 bits per heavy atom. The van der Waals surface area contributed by atoms with Crippen LogP contribution in [0.25, 0.3) is 32.9 Å². The Balaban J connectivity index is 0.00000873. The fourth-order valence-corrected chi connectivity index (χ4v) is 12.0. The van der Waals surface area contributed by atoms with Crippen LogP contribution in [0.3, 0.4) is 0 Å². The van der Waals surface area contributed by atoms with Crippen molar-refractivity contribution in [3.63, 3.8) is 0 Å². The predicted molar refractivity (Wildman–Crippen MR) is 380 cm³/mol. The summed E-state index contributed by atoms with van der Waals surface area (Å²) in [6.07, 6.45) is 13.3. The molecular formula is C82H94N6Pd. The normalized spacial score (nSPS) is 17.2. The van der Waals surface area contributed by atoms with E-state index in [0.29, 0.717) is 11.4 Å². The molecule has 0 aromatic heterocycles. The number of rotatable bonds is 4. The molecule has 6 aliphatic rings. The second kappa shape index (κ2) is 22.1. The minimum atomic E-state index is -0.184. The van der Waals surface area contributed by atoms with Crippen LogP contribution in [0.4, 0.5) is 11.4 Å². The standard InChI is InChI=1S/C82H94N6.Pd/c1-75(2,3)51-35-47(36-52(43-51)76(4,5)6)67-61-29-30-62(83-61)68(48-37-53(77(7,8)9)44-54(38-48)78(10,11)12)64-32-34-66(85-64)70(50-41-57(81(19,20)21)46-58(42-50)82(22,23)24)72-74-73(86-59-27-25-26-28-60(59)87-74)71(88-72)69(65-33-31-63(67)84-65)49-39-55(79(13,14)15)45-56(40-49)80(16,17)18;/h25-46H,1-24H3;/q-2;+2. The minimum Gasteiger partial charge on any atom is -0.658 e. The average molecular weight is 1270 g/mol. The van der Waals surface area contributed by atoms with Gasteiger partial charge in [0.2, 0.25) is 0 Å². The molecule has 7 heteroatoms. The number of para-hydroxylation sites is 2. The van der Waals surface area contributed by atoms with Crippen molar-refractivity contribution in [1.82, 2.24) is 0 Å². The summed E-state index contributed by atoms with van der Waals surface area (Å²) in [7, 11) is 0. The van der Waals surface area contributed by atoms with Crippen LogP contribution in [-0.2, 0) is 63.7 Å². The smallest absolute Gasteiger partial charge is 0.658 e. The van der Waals surface area contributed by atoms with E-state index in [1.807, 2.05) is 12.1 Å². The van der Waals surface area contributed by atoms with E-state index >= 15 is 0 Å². The van der Waals surface area contributed by atoms with E-state index in [-0.39, 0.29) is 63.7 Å². The van der Waals surface area contributed by atoms with Gasteiger partial charge < -0.3 is 10.6 Å². The molecule has 11 rings (SSSR count). The summed E-state index contributed by atoms with van der Waals surface area (Å²) in [5.74, 6) is 0. The second-order valence-corrected chi connectivity index (χ2v) is 33.6. The van der Waals surface area contributed by atoms with E-state index in [2.05, 4.69) is 288 Å². The maximum atomic E-state index is 6.11. The van der Waals surface area contributed by atoms with Crippen molar-refractivity contribution in [2.75, 3.05) is 0 Å². The predicted octanol–water partition coefficient (Wildman–Crippen LogP) is 22.4. The SMILES string of the molecule is CC(C)(C)c1cc(C2=C3C=CC(=N3)C(c3cc(C(C)(C)C)cc(C(C)(C)C)c3)=C3C=CC(=N3)C(c3cc(C(C)(C)C)cc(C(C)(C)C)c3)=C3N=C(C4=C3[N-]c3ccccc3[N-]4)C(c3cc(C(C)(C)C)cc(C(C)(C)C)c3)=C3C=CC2=N3)cc(C(C)(C)C)c1.[Pd+2]. The molecule has 462 valence electrons. The second-order valence-electron chi connectivity index (χ2n) is 33.6. The van der Waals surface area contributed by atoms with Crippen molar-refractivity contribution < 1.29 is 20.4 Å². The summed E-state index contributed by atoms with van der Waals surface area (Å²) in [5, 5.41) is 11.4. The van der Waals surface area contributed by atoms with Crippen LogP contribution in [0.1, 0.15) is 233 Å². The number of hydrogen-bond donors (Lipinski definition) is 0. The van der Waals surface area contributed by atoms with E-state index in [1.54, 1.807) is 0 Å². The van der Waals surface area contributed by atoms with E-state index in [1.165, 1.54) is 44.5 Å². The Labute approximate surface area is 548 Å². The number of allylic oxidation sites excluding steroid dienone is 10. The first kappa shape index (κ1) is 64.9. The molecule has 0 amide bonds. The summed E-state index contributed by atoms with van der Waals surface area (Å²) < 4.78 is 0. The molecular weight excluding hydrogens is 1180 g/mol. The minimum absolute atomic E-state index is 0. The van der Waals surface area contributed by atoms with Gasteiger partial charge in [0.25, 0.3) is 0 Å². The van der Waals surface area contributed by atoms with Gasteiger partial charge in [0.05, 0.1) is 45.6 Å². The molecule has 6 heterocycles. The number of nitrogens with zero attached hydrogens (tertiary/aromatic N) is 6. The summed E-state index contributed by atoms with van der Waals surface area (Å²) in [6.45, 7) is 55.4. The van der Waals surface area contributed by atoms with Gasteiger partial charge in [-0.25, -0.2) is 15.0 Å². The van der Waals surface area contributed by atoms with Gasteiger partial charge in [0.1, 0.15) is 0 Å². The van der Waals surface area contributed by atoms with E-state index in [4.69, 9.17) is 30.6 Å². The van der Waals surface area contributed by atoms with E-state index in [9.17, 15) is 0 Å². The van der Waals surface area contributed by atoms with Crippen LogP contribution in [0.15, 0.2) is 188 Å². The van der Waals surface area contributed by atoms with E-state index < -0.39 is 0 Å². The first-order valence-corrected chi connectivity index (χ1v) is 31.9. The molecule has 0 unspecified atom stereocenters. The molecule has 5 aromatic carbocycles. The molecule has 0 atom stereocenters. The fourth-order valence-electron chi connectivity index (χ4n) is 12.0. The van der Waals surface area contributed by atoms with Gasteiger partial charge in [-0.1, -0.05) is 263 Å². The number of hydrogen-bond acceptors (Lipinski definition) is 4. The van der Waals surface area contributed by atoms with Crippen LogP contribution in [0, 0.1) is 0 Å². The number of benzene rings is 5. The van der Waals surface area contributed by atoms with Gasteiger partial charge in [-0.3, -0.25) is 4.99 Å². The largest absolute Gasteiger partial charge is 2.00 e. The fraction of sp³-hybridized carbons (Fsp3) is 0.390. The maximum absolute atomic E-state index is 6.11. The zero-order chi connectivity index (χ0) is 64.0. The molecule has 0 saturated carbocycles. The molecule has 0 saturated heterocycles. The molecule has 0 radical (unpaired) electrons. The van der Waals surface area contributed by atoms with Gasteiger partial charge >= 0.3 is 20.4 Å². The molecule has 0 N–H and O–H groups in total. The monoisotopic (exact) mass is 1270 g/mol. The average Bonchev–Trinajstić information content (AvgIpc) is 1.65. The quantitative estimate of drug-likeness (QED) is 0.161. The number of aliphatic imine (C=N–C) groups is 4. The summed E-state index contributed by atoms with van der Waals surface area (Å²) in [5.41, 5.74) is 25.9. The summed E-state index contributed by atoms with van der Waals surface area (Å²) in [4.78, 5) is 23.9. The Bertz CT molecular complexity index is 4080. The van der Waals surface area contributed by atoms with Crippen molar-refractivity contribution in [3.8, 4) is 0 Å². The van der Waals surface area contributed by atoms with Gasteiger partial charge in [-0.05, 0) is 147 Å². The van der Waals surface area contributed by atoms with Crippen molar-refractivity contribution in [2.45, 2.75) is 209 Å². The molecule has 5 aromatic rings. The Morgan fingerprint density at radius 2 is 0.517 bits per heavy atom. The number of fused-ring (bicyclic) bond motifs is 7. The molecule has 0 aliphatic carbocycles. The molecule has 8 bridgehead atoms. The van der Waals surface area contributed by atoms with Crippen molar-refractivity contribution in [1.29, 1.82) is 0 Å². The van der Waals surface area contributed by atoms with Crippen LogP contribution in [0.5, 0.6) is 0 Å². The third-order valence-corrected chi connectivity index (χ3v) is 18.0. The van der Waals surface area contributed by atoms with Crippen molar-refractivity contribution in [2.24, 2.45) is 20.0 Å². The first-order valence-electron chi connectivity index (χ1n) is 31.9. The van der Waals surface area contributed by atoms with Gasteiger partial charge in [-0.2, -0.15) is 11.4 Å². The topological polar surface area (TPSA) is 77.6 Å². The van der Waals surface area contributed by atoms with Crippen LogP contribution < -0.4 is 0 Å². The van der Waals surface area contributed by atoms with Gasteiger partial charge in [0, 0.05) is 22.3 Å². The zero-order valence-corrected chi connectivity index (χ0v) is 59.3. The maximum Gasteiger partial charge on any atom is 2.00 e. The van der Waals surface area contributed by atoms with E-state index in [0.717, 1.165) is 102 Å². The van der Waals surface area contributed by atoms with Crippen molar-refractivity contribution >= 4 is 56.5 Å². The van der Waals surface area contributed by atoms with Crippen LogP contribution in [0.2, 0.25) is 0 Å². The Kier molecular flexibility index (Phi) is 16.1. The Morgan fingerprint density at radius 1 is 0.270 bits per heavy atom. The third kappa shape index (κ3) is 12.8. The molecule has 6 aliphatic heterocycles. The van der Waals surface area contributed by atoms with Gasteiger partial charge in [-0.15, -0.1) is 11.4 Å². The summed E-state index contributed by atoms with van der Waals surface area (Å²) in [6, 6.07) is 36.9. The molecule has 0 spiro atoms. The van der Waals surface area contributed by atoms with Gasteiger partial charge in [0.15, 0.2) is 0 Å². The molecule has 0 fully saturated rings. The molecule has 6 nitrogen and oxygen atoms in total. The van der Waals surface area contributed by atoms with Crippen LogP contribution >= 0.6 is 0 Å².